The van der Waals surface area contributed by atoms with Gasteiger partial charge in [-0.25, -0.2) is 8.42 Å². The first-order valence-corrected chi connectivity index (χ1v) is 7.39. The van der Waals surface area contributed by atoms with Crippen molar-refractivity contribution in [2.45, 2.75) is 38.5 Å². The van der Waals surface area contributed by atoms with Crippen molar-refractivity contribution >= 4 is 19.7 Å². The fourth-order valence-corrected chi connectivity index (χ4v) is 3.85. The third kappa shape index (κ3) is 2.59. The number of rotatable bonds is 2. The molecule has 0 aromatic heterocycles. The molecule has 2 rings (SSSR count). The van der Waals surface area contributed by atoms with E-state index >= 15 is 0 Å². The smallest absolute Gasteiger partial charge is 0.212 e. The van der Waals surface area contributed by atoms with Gasteiger partial charge < -0.3 is 0 Å². The molecule has 2 aliphatic carbocycles. The Balaban J connectivity index is 1.84. The minimum absolute atomic E-state index is 0.185. The van der Waals surface area contributed by atoms with Crippen molar-refractivity contribution < 1.29 is 8.42 Å². The van der Waals surface area contributed by atoms with Gasteiger partial charge in [0, 0.05) is 10.7 Å². The van der Waals surface area contributed by atoms with E-state index in [1.165, 1.54) is 25.7 Å². The lowest BCUT2D eigenvalue weighted by Gasteiger charge is -2.27. The lowest BCUT2D eigenvalue weighted by atomic mass is 9.81. The van der Waals surface area contributed by atoms with Crippen LogP contribution in [0.3, 0.4) is 0 Å². The maximum absolute atomic E-state index is 10.8. The fourth-order valence-electron chi connectivity index (χ4n) is 2.41. The summed E-state index contributed by atoms with van der Waals surface area (Å²) in [6.07, 6.45) is 7.31. The van der Waals surface area contributed by atoms with Gasteiger partial charge in [0.15, 0.2) is 0 Å². The van der Waals surface area contributed by atoms with Crippen LogP contribution in [0.5, 0.6) is 0 Å². The van der Waals surface area contributed by atoms with Crippen LogP contribution in [0.4, 0.5) is 0 Å². The monoisotopic (exact) mass is 222 g/mol. The Hall–Kier alpha value is 0.240. The minimum atomic E-state index is -3.27. The molecule has 2 aliphatic rings. The van der Waals surface area contributed by atoms with Crippen molar-refractivity contribution in [1.82, 2.24) is 0 Å². The zero-order valence-corrected chi connectivity index (χ0v) is 9.20. The largest absolute Gasteiger partial charge is 0.232 e. The molecule has 0 heterocycles. The molecule has 0 N–H and O–H groups in total. The molecule has 0 aliphatic heterocycles. The third-order valence-electron chi connectivity index (χ3n) is 3.56. The molecule has 76 valence electrons. The number of hydrogen-bond acceptors (Lipinski definition) is 2. The summed E-state index contributed by atoms with van der Waals surface area (Å²) in [5.41, 5.74) is 0.645. The van der Waals surface area contributed by atoms with E-state index in [2.05, 4.69) is 0 Å². The molecule has 1 spiro atoms. The molecule has 0 aromatic rings. The van der Waals surface area contributed by atoms with E-state index in [0.717, 1.165) is 12.8 Å². The van der Waals surface area contributed by atoms with Gasteiger partial charge in [-0.05, 0) is 49.9 Å². The Bertz CT molecular complexity index is 283. The van der Waals surface area contributed by atoms with E-state index in [4.69, 9.17) is 10.7 Å². The topological polar surface area (TPSA) is 34.1 Å². The maximum Gasteiger partial charge on any atom is 0.232 e. The molecule has 0 amide bonds. The van der Waals surface area contributed by atoms with Crippen molar-refractivity contribution in [1.29, 1.82) is 0 Å². The van der Waals surface area contributed by atoms with Gasteiger partial charge in [-0.2, -0.15) is 0 Å². The number of halogens is 1. The molecular formula is C9H15ClO2S. The molecule has 0 unspecified atom stereocenters. The molecular weight excluding hydrogens is 208 g/mol. The second-order valence-electron chi connectivity index (χ2n) is 4.65. The molecule has 2 nitrogen and oxygen atoms in total. The Morgan fingerprint density at radius 3 is 2.08 bits per heavy atom. The van der Waals surface area contributed by atoms with Crippen molar-refractivity contribution in [3.63, 3.8) is 0 Å². The Labute approximate surface area is 84.1 Å². The normalized spacial score (nSPS) is 27.8. The van der Waals surface area contributed by atoms with Crippen LogP contribution in [0, 0.1) is 11.3 Å². The van der Waals surface area contributed by atoms with Crippen LogP contribution in [-0.2, 0) is 9.05 Å². The van der Waals surface area contributed by atoms with Crippen molar-refractivity contribution in [3.05, 3.63) is 0 Å². The van der Waals surface area contributed by atoms with Crippen molar-refractivity contribution in [3.8, 4) is 0 Å². The highest BCUT2D eigenvalue weighted by molar-refractivity contribution is 8.13. The Morgan fingerprint density at radius 2 is 1.69 bits per heavy atom. The highest BCUT2D eigenvalue weighted by Gasteiger charge is 2.44. The third-order valence-corrected chi connectivity index (χ3v) is 4.81. The minimum Gasteiger partial charge on any atom is -0.212 e. The first-order valence-electron chi connectivity index (χ1n) is 4.92. The van der Waals surface area contributed by atoms with Crippen LogP contribution >= 0.6 is 10.7 Å². The van der Waals surface area contributed by atoms with Gasteiger partial charge in [-0.1, -0.05) is 0 Å². The molecule has 2 saturated carbocycles. The molecule has 0 aromatic carbocycles. The summed E-state index contributed by atoms with van der Waals surface area (Å²) < 4.78 is 21.7. The van der Waals surface area contributed by atoms with Crippen LogP contribution in [-0.4, -0.2) is 14.2 Å². The van der Waals surface area contributed by atoms with Gasteiger partial charge in [0.25, 0.3) is 0 Å². The summed E-state index contributed by atoms with van der Waals surface area (Å²) in [4.78, 5) is 0. The summed E-state index contributed by atoms with van der Waals surface area (Å²) in [5.74, 6) is 0.513. The van der Waals surface area contributed by atoms with Crippen molar-refractivity contribution in [2.75, 3.05) is 5.75 Å². The second kappa shape index (κ2) is 3.13. The van der Waals surface area contributed by atoms with Gasteiger partial charge in [-0.15, -0.1) is 0 Å². The molecule has 2 fully saturated rings. The zero-order chi connectivity index (χ0) is 9.53. The van der Waals surface area contributed by atoms with Crippen LogP contribution in [0.15, 0.2) is 0 Å². The average Bonchev–Trinajstić information content (AvgIpc) is 2.73. The van der Waals surface area contributed by atoms with E-state index in [1.54, 1.807) is 0 Å². The van der Waals surface area contributed by atoms with Crippen LogP contribution in [0.2, 0.25) is 0 Å². The molecule has 0 atom stereocenters. The Morgan fingerprint density at radius 1 is 1.15 bits per heavy atom. The lowest BCUT2D eigenvalue weighted by Crippen LogP contribution is -2.20. The Kier molecular flexibility index (Phi) is 2.35. The van der Waals surface area contributed by atoms with E-state index in [1.807, 2.05) is 0 Å². The first-order chi connectivity index (χ1) is 5.99. The standard InChI is InChI=1S/C9H15ClO2S/c10-13(11,12)7-8-1-3-9(4-2-8)5-6-9/h8H,1-7H2. The molecule has 0 radical (unpaired) electrons. The highest BCUT2D eigenvalue weighted by atomic mass is 35.7. The van der Waals surface area contributed by atoms with E-state index < -0.39 is 9.05 Å². The average molecular weight is 223 g/mol. The summed E-state index contributed by atoms with van der Waals surface area (Å²) >= 11 is 0. The summed E-state index contributed by atoms with van der Waals surface area (Å²) in [6, 6.07) is 0. The predicted octanol–water partition coefficient (Wildman–Crippen LogP) is 2.53. The van der Waals surface area contributed by atoms with Gasteiger partial charge in [0.2, 0.25) is 9.05 Å². The van der Waals surface area contributed by atoms with Gasteiger partial charge in [-0.3, -0.25) is 0 Å². The summed E-state index contributed by atoms with van der Waals surface area (Å²) in [6.45, 7) is 0. The van der Waals surface area contributed by atoms with Gasteiger partial charge >= 0.3 is 0 Å². The van der Waals surface area contributed by atoms with E-state index in [-0.39, 0.29) is 5.75 Å². The van der Waals surface area contributed by atoms with E-state index in [0.29, 0.717) is 11.3 Å². The first kappa shape index (κ1) is 9.78. The molecule has 0 bridgehead atoms. The van der Waals surface area contributed by atoms with Gasteiger partial charge in [0.05, 0.1) is 5.75 Å². The highest BCUT2D eigenvalue weighted by Crippen LogP contribution is 2.57. The molecule has 4 heteroatoms. The summed E-state index contributed by atoms with van der Waals surface area (Å²) in [7, 11) is 1.96. The predicted molar refractivity (Wildman–Crippen MR) is 53.3 cm³/mol. The molecule has 0 saturated heterocycles. The molecule has 13 heavy (non-hydrogen) atoms. The lowest BCUT2D eigenvalue weighted by molar-refractivity contribution is 0.273. The van der Waals surface area contributed by atoms with E-state index in [9.17, 15) is 8.42 Å². The summed E-state index contributed by atoms with van der Waals surface area (Å²) in [5, 5.41) is 0. The van der Waals surface area contributed by atoms with Crippen LogP contribution in [0.1, 0.15) is 38.5 Å². The number of hydrogen-bond donors (Lipinski definition) is 0. The van der Waals surface area contributed by atoms with Crippen molar-refractivity contribution in [2.24, 2.45) is 11.3 Å². The fraction of sp³-hybridized carbons (Fsp3) is 1.00. The SMILES string of the molecule is O=S(=O)(Cl)CC1CCC2(CC1)CC2. The zero-order valence-electron chi connectivity index (χ0n) is 7.63. The van der Waals surface area contributed by atoms with Gasteiger partial charge in [0.1, 0.15) is 0 Å². The van der Waals surface area contributed by atoms with Crippen LogP contribution < -0.4 is 0 Å². The quantitative estimate of drug-likeness (QED) is 0.673. The van der Waals surface area contributed by atoms with Crippen LogP contribution in [0.25, 0.3) is 0 Å². The second-order valence-corrected chi connectivity index (χ2v) is 7.47. The maximum atomic E-state index is 10.8.